The molecule has 0 saturated carbocycles. The molecule has 0 aliphatic carbocycles. The third-order valence-corrected chi connectivity index (χ3v) is 4.29. The van der Waals surface area contributed by atoms with Crippen LogP contribution >= 0.6 is 12.4 Å². The highest BCUT2D eigenvalue weighted by Gasteiger charge is 2.09. The molecule has 0 aliphatic rings. The van der Waals surface area contributed by atoms with Gasteiger partial charge >= 0.3 is 0 Å². The fraction of sp³-hybridized carbons (Fsp3) is 0.0667. The van der Waals surface area contributed by atoms with Gasteiger partial charge in [0.1, 0.15) is 11.6 Å². The SMILES string of the molecule is Cl.Nc1cc(-c2nccn2Cc2ccc(S(N)(=O)=O)cc2)ccn1. The summed E-state index contributed by atoms with van der Waals surface area (Å²) in [7, 11) is -3.68. The fourth-order valence-corrected chi connectivity index (χ4v) is 2.78. The molecule has 0 atom stereocenters. The van der Waals surface area contributed by atoms with Gasteiger partial charge in [-0.25, -0.2) is 23.5 Å². The van der Waals surface area contributed by atoms with Gasteiger partial charge in [0.25, 0.3) is 0 Å². The monoisotopic (exact) mass is 365 g/mol. The second-order valence-corrected chi connectivity index (χ2v) is 6.60. The van der Waals surface area contributed by atoms with E-state index in [-0.39, 0.29) is 17.3 Å². The molecule has 126 valence electrons. The molecule has 24 heavy (non-hydrogen) atoms. The molecule has 0 fully saturated rings. The highest BCUT2D eigenvalue weighted by Crippen LogP contribution is 2.20. The van der Waals surface area contributed by atoms with Gasteiger partial charge in [-0.15, -0.1) is 12.4 Å². The van der Waals surface area contributed by atoms with Crippen LogP contribution in [0.4, 0.5) is 5.82 Å². The summed E-state index contributed by atoms with van der Waals surface area (Å²) in [5.41, 5.74) is 7.50. The number of hydrogen-bond donors (Lipinski definition) is 2. The number of sulfonamides is 1. The quantitative estimate of drug-likeness (QED) is 0.728. The summed E-state index contributed by atoms with van der Waals surface area (Å²) in [5.74, 6) is 1.18. The predicted octanol–water partition coefficient (Wildman–Crippen LogP) is 1.64. The predicted molar refractivity (Wildman–Crippen MR) is 94.0 cm³/mol. The van der Waals surface area contributed by atoms with E-state index in [4.69, 9.17) is 10.9 Å². The number of rotatable bonds is 4. The first kappa shape index (κ1) is 17.9. The summed E-state index contributed by atoms with van der Waals surface area (Å²) in [6.45, 7) is 0.544. The topological polar surface area (TPSA) is 117 Å². The number of primary sulfonamides is 1. The zero-order valence-corrected chi connectivity index (χ0v) is 14.2. The molecule has 0 saturated heterocycles. The third kappa shape index (κ3) is 3.91. The molecule has 4 N–H and O–H groups in total. The van der Waals surface area contributed by atoms with E-state index in [0.29, 0.717) is 12.4 Å². The van der Waals surface area contributed by atoms with Crippen LogP contribution in [0.5, 0.6) is 0 Å². The molecule has 0 spiro atoms. The summed E-state index contributed by atoms with van der Waals surface area (Å²) in [6, 6.07) is 10.0. The highest BCUT2D eigenvalue weighted by molar-refractivity contribution is 7.89. The first-order chi connectivity index (χ1) is 10.9. The maximum Gasteiger partial charge on any atom is 0.238 e. The van der Waals surface area contributed by atoms with Crippen molar-refractivity contribution in [2.24, 2.45) is 5.14 Å². The van der Waals surface area contributed by atoms with Crippen LogP contribution < -0.4 is 10.9 Å². The molecule has 7 nitrogen and oxygen atoms in total. The van der Waals surface area contributed by atoms with Crippen LogP contribution in [-0.2, 0) is 16.6 Å². The summed E-state index contributed by atoms with van der Waals surface area (Å²) in [5, 5.41) is 5.10. The van der Waals surface area contributed by atoms with Gasteiger partial charge in [0.15, 0.2) is 0 Å². The number of hydrogen-bond acceptors (Lipinski definition) is 5. The van der Waals surface area contributed by atoms with E-state index in [1.165, 1.54) is 12.1 Å². The van der Waals surface area contributed by atoms with Crippen molar-refractivity contribution in [1.29, 1.82) is 0 Å². The molecule has 0 radical (unpaired) electrons. The Bertz CT molecular complexity index is 939. The van der Waals surface area contributed by atoms with Gasteiger partial charge in [0.2, 0.25) is 10.0 Å². The van der Waals surface area contributed by atoms with Gasteiger partial charge in [-0.2, -0.15) is 0 Å². The Morgan fingerprint density at radius 2 is 1.75 bits per heavy atom. The minimum absolute atomic E-state index is 0. The first-order valence-electron chi connectivity index (χ1n) is 6.78. The number of nitrogens with two attached hydrogens (primary N) is 2. The molecular weight excluding hydrogens is 350 g/mol. The van der Waals surface area contributed by atoms with Crippen LogP contribution in [0.3, 0.4) is 0 Å². The molecule has 2 heterocycles. The number of benzene rings is 1. The first-order valence-corrected chi connectivity index (χ1v) is 8.33. The van der Waals surface area contributed by atoms with Crippen molar-refractivity contribution in [3.63, 3.8) is 0 Å². The van der Waals surface area contributed by atoms with Gasteiger partial charge in [0, 0.05) is 30.7 Å². The van der Waals surface area contributed by atoms with E-state index in [1.54, 1.807) is 30.6 Å². The summed E-state index contributed by atoms with van der Waals surface area (Å²) in [4.78, 5) is 8.40. The molecule has 3 aromatic rings. The van der Waals surface area contributed by atoms with Crippen LogP contribution in [0.1, 0.15) is 5.56 Å². The van der Waals surface area contributed by atoms with Gasteiger partial charge in [0.05, 0.1) is 4.90 Å². The molecule has 0 aliphatic heterocycles. The van der Waals surface area contributed by atoms with Crippen molar-refractivity contribution in [2.75, 3.05) is 5.73 Å². The second kappa shape index (κ2) is 7.00. The van der Waals surface area contributed by atoms with Gasteiger partial charge in [-0.1, -0.05) is 12.1 Å². The number of anilines is 1. The van der Waals surface area contributed by atoms with Crippen molar-refractivity contribution >= 4 is 28.2 Å². The van der Waals surface area contributed by atoms with Crippen molar-refractivity contribution in [2.45, 2.75) is 11.4 Å². The lowest BCUT2D eigenvalue weighted by molar-refractivity contribution is 0.597. The number of nitrogen functional groups attached to an aromatic ring is 1. The summed E-state index contributed by atoms with van der Waals surface area (Å²) in [6.07, 6.45) is 5.18. The third-order valence-electron chi connectivity index (χ3n) is 3.36. The molecule has 0 amide bonds. The number of aromatic nitrogens is 3. The van der Waals surface area contributed by atoms with E-state index < -0.39 is 10.0 Å². The van der Waals surface area contributed by atoms with Crippen molar-refractivity contribution in [1.82, 2.24) is 14.5 Å². The second-order valence-electron chi connectivity index (χ2n) is 5.04. The Morgan fingerprint density at radius 1 is 1.04 bits per heavy atom. The molecule has 9 heteroatoms. The van der Waals surface area contributed by atoms with Crippen LogP contribution in [0.25, 0.3) is 11.4 Å². The molecular formula is C15H16ClN5O2S. The van der Waals surface area contributed by atoms with E-state index >= 15 is 0 Å². The smallest absolute Gasteiger partial charge is 0.238 e. The lowest BCUT2D eigenvalue weighted by Gasteiger charge is -2.09. The van der Waals surface area contributed by atoms with E-state index in [9.17, 15) is 8.42 Å². The molecule has 3 rings (SSSR count). The number of pyridine rings is 1. The zero-order chi connectivity index (χ0) is 16.4. The Morgan fingerprint density at radius 3 is 2.38 bits per heavy atom. The normalized spacial score (nSPS) is 11.0. The van der Waals surface area contributed by atoms with Gasteiger partial charge in [-0.05, 0) is 29.8 Å². The van der Waals surface area contributed by atoms with E-state index in [2.05, 4.69) is 9.97 Å². The van der Waals surface area contributed by atoms with E-state index in [1.807, 2.05) is 16.8 Å². The van der Waals surface area contributed by atoms with Crippen molar-refractivity contribution < 1.29 is 8.42 Å². The highest BCUT2D eigenvalue weighted by atomic mass is 35.5. The minimum atomic E-state index is -3.68. The molecule has 0 bridgehead atoms. The molecule has 0 unspecified atom stereocenters. The van der Waals surface area contributed by atoms with E-state index in [0.717, 1.165) is 17.0 Å². The molecule has 1 aromatic carbocycles. The number of halogens is 1. The largest absolute Gasteiger partial charge is 0.384 e. The summed E-state index contributed by atoms with van der Waals surface area (Å²) < 4.78 is 24.5. The Labute approximate surface area is 145 Å². The lowest BCUT2D eigenvalue weighted by Crippen LogP contribution is -2.12. The van der Waals surface area contributed by atoms with Gasteiger partial charge < -0.3 is 10.3 Å². The average Bonchev–Trinajstić information content (AvgIpc) is 2.95. The zero-order valence-electron chi connectivity index (χ0n) is 12.5. The van der Waals surface area contributed by atoms with Crippen molar-refractivity contribution in [3.05, 3.63) is 60.6 Å². The van der Waals surface area contributed by atoms with Gasteiger partial charge in [-0.3, -0.25) is 0 Å². The van der Waals surface area contributed by atoms with Crippen LogP contribution in [0, 0.1) is 0 Å². The van der Waals surface area contributed by atoms with Crippen LogP contribution in [-0.4, -0.2) is 23.0 Å². The summed E-state index contributed by atoms with van der Waals surface area (Å²) >= 11 is 0. The Kier molecular flexibility index (Phi) is 5.23. The number of imidazole rings is 1. The Balaban J connectivity index is 0.00000208. The maximum absolute atomic E-state index is 11.3. The lowest BCUT2D eigenvalue weighted by atomic mass is 10.2. The van der Waals surface area contributed by atoms with Crippen LogP contribution in [0.2, 0.25) is 0 Å². The minimum Gasteiger partial charge on any atom is -0.384 e. The average molecular weight is 366 g/mol. The number of nitrogens with zero attached hydrogens (tertiary/aromatic N) is 3. The Hall–Kier alpha value is -2.42. The fourth-order valence-electron chi connectivity index (χ4n) is 2.27. The van der Waals surface area contributed by atoms with Crippen LogP contribution in [0.15, 0.2) is 59.9 Å². The van der Waals surface area contributed by atoms with Crippen molar-refractivity contribution in [3.8, 4) is 11.4 Å². The standard InChI is InChI=1S/C15H15N5O2S.ClH/c16-14-9-12(5-6-18-14)15-19-7-8-20(15)10-11-1-3-13(4-2-11)23(17,21)22;/h1-9H,10H2,(H2,16,18)(H2,17,21,22);1H. The molecule has 2 aromatic heterocycles. The maximum atomic E-state index is 11.3.